The van der Waals surface area contributed by atoms with E-state index in [0.717, 1.165) is 18.5 Å². The van der Waals surface area contributed by atoms with E-state index in [1.807, 2.05) is 6.20 Å². The predicted molar refractivity (Wildman–Crippen MR) is 57.5 cm³/mol. The molecule has 0 aliphatic heterocycles. The Kier molecular flexibility index (Phi) is 1.79. The van der Waals surface area contributed by atoms with Crippen molar-refractivity contribution in [1.29, 1.82) is 0 Å². The van der Waals surface area contributed by atoms with Crippen LogP contribution in [0.25, 0.3) is 5.65 Å². The topological polar surface area (TPSA) is 56.2 Å². The van der Waals surface area contributed by atoms with Gasteiger partial charge in [-0.15, -0.1) is 0 Å². The van der Waals surface area contributed by atoms with Crippen LogP contribution < -0.4 is 5.73 Å². The minimum absolute atomic E-state index is 0.139. The Hall–Kier alpha value is -1.42. The smallest absolute Gasteiger partial charge is 0.155 e. The van der Waals surface area contributed by atoms with E-state index in [4.69, 9.17) is 5.73 Å². The van der Waals surface area contributed by atoms with Crippen molar-refractivity contribution in [3.05, 3.63) is 30.2 Å². The Bertz CT molecular complexity index is 484. The molecule has 2 aromatic heterocycles. The van der Waals surface area contributed by atoms with Crippen LogP contribution in [0.3, 0.4) is 0 Å². The van der Waals surface area contributed by atoms with E-state index < -0.39 is 0 Å². The van der Waals surface area contributed by atoms with Crippen molar-refractivity contribution in [2.45, 2.75) is 31.2 Å². The molecule has 0 radical (unpaired) electrons. The zero-order valence-electron chi connectivity index (χ0n) is 8.56. The molecule has 0 atom stereocenters. The van der Waals surface area contributed by atoms with Crippen LogP contribution in [-0.4, -0.2) is 20.1 Å². The summed E-state index contributed by atoms with van der Waals surface area (Å²) in [6.45, 7) is 0. The van der Waals surface area contributed by atoms with Crippen molar-refractivity contribution in [2.75, 3.05) is 0 Å². The molecular formula is C11H14N4. The van der Waals surface area contributed by atoms with E-state index in [9.17, 15) is 0 Å². The molecule has 2 aromatic rings. The Balaban J connectivity index is 1.78. The van der Waals surface area contributed by atoms with E-state index in [0.29, 0.717) is 0 Å². The fraction of sp³-hybridized carbons (Fsp3) is 0.455. The van der Waals surface area contributed by atoms with Gasteiger partial charge in [-0.25, -0.2) is 9.50 Å². The van der Waals surface area contributed by atoms with Gasteiger partial charge < -0.3 is 5.73 Å². The number of rotatable bonds is 3. The standard InChI is InChI=1S/C11H14N4/c12-11(4-5-11)3-1-9-2-6-15-10(7-9)13-8-14-15/h2,6-8H,1,3-5,12H2. The van der Waals surface area contributed by atoms with Gasteiger partial charge in [0.05, 0.1) is 0 Å². The van der Waals surface area contributed by atoms with Gasteiger partial charge in [-0.3, -0.25) is 0 Å². The highest BCUT2D eigenvalue weighted by atomic mass is 15.3. The summed E-state index contributed by atoms with van der Waals surface area (Å²) in [4.78, 5) is 4.16. The van der Waals surface area contributed by atoms with Crippen LogP contribution in [-0.2, 0) is 6.42 Å². The van der Waals surface area contributed by atoms with Crippen LogP contribution in [0.5, 0.6) is 0 Å². The highest BCUT2D eigenvalue weighted by molar-refractivity contribution is 5.39. The first-order valence-electron chi connectivity index (χ1n) is 5.32. The summed E-state index contributed by atoms with van der Waals surface area (Å²) in [5.41, 5.74) is 8.40. The second kappa shape index (κ2) is 3.03. The Morgan fingerprint density at radius 1 is 1.47 bits per heavy atom. The average molecular weight is 202 g/mol. The molecular weight excluding hydrogens is 188 g/mol. The first-order chi connectivity index (χ1) is 7.25. The largest absolute Gasteiger partial charge is 0.325 e. The quantitative estimate of drug-likeness (QED) is 0.812. The van der Waals surface area contributed by atoms with Crippen molar-refractivity contribution in [3.8, 4) is 0 Å². The van der Waals surface area contributed by atoms with Crippen LogP contribution >= 0.6 is 0 Å². The predicted octanol–water partition coefficient (Wildman–Crippen LogP) is 1.15. The third-order valence-electron chi connectivity index (χ3n) is 3.15. The molecule has 1 aliphatic rings. The van der Waals surface area contributed by atoms with Gasteiger partial charge in [-0.2, -0.15) is 5.10 Å². The van der Waals surface area contributed by atoms with Crippen LogP contribution in [0.1, 0.15) is 24.8 Å². The van der Waals surface area contributed by atoms with Crippen LogP contribution in [0.2, 0.25) is 0 Å². The Morgan fingerprint density at radius 2 is 2.33 bits per heavy atom. The fourth-order valence-corrected chi connectivity index (χ4v) is 1.82. The minimum atomic E-state index is 0.139. The summed E-state index contributed by atoms with van der Waals surface area (Å²) in [7, 11) is 0. The number of fused-ring (bicyclic) bond motifs is 1. The van der Waals surface area contributed by atoms with Crippen molar-refractivity contribution >= 4 is 5.65 Å². The third-order valence-corrected chi connectivity index (χ3v) is 3.15. The highest BCUT2D eigenvalue weighted by Crippen LogP contribution is 2.36. The molecule has 4 nitrogen and oxygen atoms in total. The highest BCUT2D eigenvalue weighted by Gasteiger charge is 2.37. The lowest BCUT2D eigenvalue weighted by Gasteiger charge is -2.07. The molecule has 15 heavy (non-hydrogen) atoms. The van der Waals surface area contributed by atoms with Crippen molar-refractivity contribution < 1.29 is 0 Å². The first-order valence-corrected chi connectivity index (χ1v) is 5.32. The molecule has 2 heterocycles. The molecule has 0 bridgehead atoms. The van der Waals surface area contributed by atoms with Gasteiger partial charge in [0.15, 0.2) is 5.65 Å². The van der Waals surface area contributed by atoms with Gasteiger partial charge in [0.2, 0.25) is 0 Å². The van der Waals surface area contributed by atoms with Gasteiger partial charge in [-0.05, 0) is 43.4 Å². The molecule has 1 aliphatic carbocycles. The van der Waals surface area contributed by atoms with Crippen LogP contribution in [0.15, 0.2) is 24.7 Å². The molecule has 1 fully saturated rings. The summed E-state index contributed by atoms with van der Waals surface area (Å²) in [5.74, 6) is 0. The lowest BCUT2D eigenvalue weighted by Crippen LogP contribution is -2.22. The second-order valence-electron chi connectivity index (χ2n) is 4.46. The maximum Gasteiger partial charge on any atom is 0.155 e. The summed E-state index contributed by atoms with van der Waals surface area (Å²) >= 11 is 0. The van der Waals surface area contributed by atoms with Crippen LogP contribution in [0, 0.1) is 0 Å². The van der Waals surface area contributed by atoms with E-state index in [-0.39, 0.29) is 5.54 Å². The molecule has 0 amide bonds. The van der Waals surface area contributed by atoms with Crippen LogP contribution in [0.4, 0.5) is 0 Å². The zero-order valence-corrected chi connectivity index (χ0v) is 8.56. The molecule has 0 spiro atoms. The Morgan fingerprint density at radius 3 is 3.13 bits per heavy atom. The first kappa shape index (κ1) is 8.85. The van der Waals surface area contributed by atoms with E-state index in [1.165, 1.54) is 18.4 Å². The molecule has 3 rings (SSSR count). The lowest BCUT2D eigenvalue weighted by molar-refractivity contribution is 0.609. The second-order valence-corrected chi connectivity index (χ2v) is 4.46. The van der Waals surface area contributed by atoms with Gasteiger partial charge in [-0.1, -0.05) is 0 Å². The molecule has 4 heteroatoms. The normalized spacial score (nSPS) is 18.2. The number of hydrogen-bond donors (Lipinski definition) is 1. The summed E-state index contributed by atoms with van der Waals surface area (Å²) in [5, 5.41) is 4.06. The van der Waals surface area contributed by atoms with Gasteiger partial charge >= 0.3 is 0 Å². The molecule has 0 saturated heterocycles. The SMILES string of the molecule is NC1(CCc2ccn3ncnc3c2)CC1. The van der Waals surface area contributed by atoms with Gasteiger partial charge in [0.1, 0.15) is 6.33 Å². The molecule has 1 saturated carbocycles. The number of aromatic nitrogens is 3. The summed E-state index contributed by atoms with van der Waals surface area (Å²) in [6.07, 6.45) is 8.01. The number of nitrogens with zero attached hydrogens (tertiary/aromatic N) is 3. The van der Waals surface area contributed by atoms with E-state index >= 15 is 0 Å². The Labute approximate surface area is 88.1 Å². The van der Waals surface area contributed by atoms with Gasteiger partial charge in [0, 0.05) is 11.7 Å². The number of aryl methyl sites for hydroxylation is 1. The molecule has 0 unspecified atom stereocenters. The lowest BCUT2D eigenvalue weighted by atomic mass is 10.1. The minimum Gasteiger partial charge on any atom is -0.325 e. The van der Waals surface area contributed by atoms with E-state index in [2.05, 4.69) is 22.2 Å². The number of pyridine rings is 1. The van der Waals surface area contributed by atoms with Crippen molar-refractivity contribution in [2.24, 2.45) is 5.73 Å². The molecule has 2 N–H and O–H groups in total. The summed E-state index contributed by atoms with van der Waals surface area (Å²) in [6, 6.07) is 4.17. The maximum absolute atomic E-state index is 6.05. The third kappa shape index (κ3) is 1.72. The number of nitrogens with two attached hydrogens (primary N) is 1. The van der Waals surface area contributed by atoms with Crippen molar-refractivity contribution in [3.63, 3.8) is 0 Å². The average Bonchev–Trinajstić information content (AvgIpc) is 2.80. The zero-order chi connectivity index (χ0) is 10.3. The maximum atomic E-state index is 6.05. The molecule has 0 aromatic carbocycles. The van der Waals surface area contributed by atoms with Crippen molar-refractivity contribution in [1.82, 2.24) is 14.6 Å². The monoisotopic (exact) mass is 202 g/mol. The van der Waals surface area contributed by atoms with Gasteiger partial charge in [0.25, 0.3) is 0 Å². The van der Waals surface area contributed by atoms with E-state index in [1.54, 1.807) is 10.8 Å². The number of hydrogen-bond acceptors (Lipinski definition) is 3. The molecule has 78 valence electrons. The fourth-order valence-electron chi connectivity index (χ4n) is 1.82. The summed E-state index contributed by atoms with van der Waals surface area (Å²) < 4.78 is 1.78.